The van der Waals surface area contributed by atoms with Crippen LogP contribution in [0.25, 0.3) is 10.9 Å². The van der Waals surface area contributed by atoms with Crippen LogP contribution in [0, 0.1) is 0 Å². The van der Waals surface area contributed by atoms with Crippen molar-refractivity contribution in [1.29, 1.82) is 0 Å². The Balaban J connectivity index is 1.89. The van der Waals surface area contributed by atoms with Gasteiger partial charge in [0.05, 0.1) is 5.52 Å². The van der Waals surface area contributed by atoms with Crippen molar-refractivity contribution in [2.24, 2.45) is 0 Å². The fraction of sp³-hybridized carbons (Fsp3) is 0.417. The fourth-order valence-corrected chi connectivity index (χ4v) is 2.42. The summed E-state index contributed by atoms with van der Waals surface area (Å²) in [6.07, 6.45) is 3.05. The molecule has 3 nitrogen and oxygen atoms in total. The third kappa shape index (κ3) is 2.71. The molecule has 0 aliphatic rings. The summed E-state index contributed by atoms with van der Waals surface area (Å²) in [4.78, 5) is 0. The van der Waals surface area contributed by atoms with Crippen LogP contribution in [0.4, 0.5) is 5.00 Å². The van der Waals surface area contributed by atoms with Crippen LogP contribution in [-0.4, -0.2) is 22.6 Å². The van der Waals surface area contributed by atoms with E-state index in [4.69, 9.17) is 5.11 Å². The van der Waals surface area contributed by atoms with Crippen molar-refractivity contribution in [3.8, 4) is 0 Å². The van der Waals surface area contributed by atoms with Crippen LogP contribution in [0.15, 0.2) is 24.3 Å². The lowest BCUT2D eigenvalue weighted by atomic mass is 10.2. The highest BCUT2D eigenvalue weighted by Crippen LogP contribution is 2.27. The quantitative estimate of drug-likeness (QED) is 0.758. The number of anilines is 1. The van der Waals surface area contributed by atoms with E-state index >= 15 is 0 Å². The Morgan fingerprint density at radius 2 is 2.06 bits per heavy atom. The van der Waals surface area contributed by atoms with Gasteiger partial charge in [0.25, 0.3) is 0 Å². The molecule has 0 unspecified atom stereocenters. The molecule has 0 spiro atoms. The van der Waals surface area contributed by atoms with Gasteiger partial charge < -0.3 is 10.4 Å². The summed E-state index contributed by atoms with van der Waals surface area (Å²) in [6, 6.07) is 8.17. The van der Waals surface area contributed by atoms with E-state index in [0.29, 0.717) is 6.61 Å². The Bertz CT molecular complexity index is 441. The molecule has 0 amide bonds. The SMILES string of the molecule is OCCCCCNc1snc2ccccc12. The van der Waals surface area contributed by atoms with E-state index in [1.54, 1.807) is 0 Å². The minimum atomic E-state index is 0.295. The molecule has 1 aromatic heterocycles. The largest absolute Gasteiger partial charge is 0.396 e. The number of nitrogens with one attached hydrogen (secondary N) is 1. The van der Waals surface area contributed by atoms with Gasteiger partial charge in [-0.3, -0.25) is 0 Å². The Kier molecular flexibility index (Phi) is 4.13. The molecule has 86 valence electrons. The number of fused-ring (bicyclic) bond motifs is 1. The molecule has 2 rings (SSSR count). The van der Waals surface area contributed by atoms with E-state index in [1.807, 2.05) is 18.2 Å². The maximum absolute atomic E-state index is 8.66. The van der Waals surface area contributed by atoms with Crippen molar-refractivity contribution in [2.45, 2.75) is 19.3 Å². The van der Waals surface area contributed by atoms with Crippen LogP contribution in [0.2, 0.25) is 0 Å². The molecule has 2 aromatic rings. The molecule has 16 heavy (non-hydrogen) atoms. The van der Waals surface area contributed by atoms with Gasteiger partial charge >= 0.3 is 0 Å². The molecule has 0 radical (unpaired) electrons. The second-order valence-corrected chi connectivity index (χ2v) is 4.51. The van der Waals surface area contributed by atoms with Gasteiger partial charge in [-0.15, -0.1) is 0 Å². The molecular weight excluding hydrogens is 220 g/mol. The fourth-order valence-electron chi connectivity index (χ4n) is 1.63. The summed E-state index contributed by atoms with van der Waals surface area (Å²) < 4.78 is 4.37. The summed E-state index contributed by atoms with van der Waals surface area (Å²) in [6.45, 7) is 1.25. The molecule has 0 aliphatic heterocycles. The molecule has 4 heteroatoms. The van der Waals surface area contributed by atoms with Crippen molar-refractivity contribution >= 4 is 27.4 Å². The number of rotatable bonds is 6. The zero-order valence-electron chi connectivity index (χ0n) is 9.15. The van der Waals surface area contributed by atoms with Crippen LogP contribution in [-0.2, 0) is 0 Å². The van der Waals surface area contributed by atoms with Gasteiger partial charge in [0.15, 0.2) is 0 Å². The molecular formula is C12H16N2OS. The Morgan fingerprint density at radius 3 is 2.94 bits per heavy atom. The lowest BCUT2D eigenvalue weighted by Gasteiger charge is -2.02. The van der Waals surface area contributed by atoms with E-state index in [2.05, 4.69) is 15.8 Å². The molecule has 1 aromatic carbocycles. The summed E-state index contributed by atoms with van der Waals surface area (Å²) >= 11 is 1.52. The van der Waals surface area contributed by atoms with E-state index in [1.165, 1.54) is 16.9 Å². The number of aliphatic hydroxyl groups excluding tert-OH is 1. The second kappa shape index (κ2) is 5.82. The molecule has 0 bridgehead atoms. The lowest BCUT2D eigenvalue weighted by Crippen LogP contribution is -2.00. The number of hydrogen-bond donors (Lipinski definition) is 2. The third-order valence-corrected chi connectivity index (χ3v) is 3.34. The van der Waals surface area contributed by atoms with Crippen LogP contribution >= 0.6 is 11.5 Å². The predicted octanol–water partition coefficient (Wildman–Crippen LogP) is 2.87. The van der Waals surface area contributed by atoms with E-state index < -0.39 is 0 Å². The first kappa shape index (κ1) is 11.4. The topological polar surface area (TPSA) is 45.1 Å². The monoisotopic (exact) mass is 236 g/mol. The average Bonchev–Trinajstić information content (AvgIpc) is 2.73. The van der Waals surface area contributed by atoms with Gasteiger partial charge in [-0.2, -0.15) is 4.37 Å². The molecule has 0 aliphatic carbocycles. The first-order chi connectivity index (χ1) is 7.92. The highest BCUT2D eigenvalue weighted by molar-refractivity contribution is 7.11. The Labute approximate surface area is 99.3 Å². The number of unbranched alkanes of at least 4 members (excludes halogenated alkanes) is 2. The number of hydrogen-bond acceptors (Lipinski definition) is 4. The molecule has 1 heterocycles. The van der Waals surface area contributed by atoms with Crippen molar-refractivity contribution in [1.82, 2.24) is 4.37 Å². The lowest BCUT2D eigenvalue weighted by molar-refractivity contribution is 0.283. The van der Waals surface area contributed by atoms with Gasteiger partial charge in [0.1, 0.15) is 5.00 Å². The summed E-state index contributed by atoms with van der Waals surface area (Å²) in [5.74, 6) is 0. The molecule has 0 fully saturated rings. The molecule has 0 saturated heterocycles. The van der Waals surface area contributed by atoms with Gasteiger partial charge in [-0.1, -0.05) is 12.1 Å². The Morgan fingerprint density at radius 1 is 1.19 bits per heavy atom. The van der Waals surface area contributed by atoms with Gasteiger partial charge in [0.2, 0.25) is 0 Å². The van der Waals surface area contributed by atoms with Crippen molar-refractivity contribution in [2.75, 3.05) is 18.5 Å². The average molecular weight is 236 g/mol. The summed E-state index contributed by atoms with van der Waals surface area (Å²) in [7, 11) is 0. The zero-order chi connectivity index (χ0) is 11.2. The minimum Gasteiger partial charge on any atom is -0.396 e. The highest BCUT2D eigenvalue weighted by Gasteiger charge is 2.03. The number of nitrogens with zero attached hydrogens (tertiary/aromatic N) is 1. The maximum Gasteiger partial charge on any atom is 0.117 e. The minimum absolute atomic E-state index is 0.295. The molecule has 0 saturated carbocycles. The van der Waals surface area contributed by atoms with Gasteiger partial charge in [-0.25, -0.2) is 0 Å². The third-order valence-electron chi connectivity index (χ3n) is 2.50. The maximum atomic E-state index is 8.66. The first-order valence-corrected chi connectivity index (χ1v) is 6.38. The van der Waals surface area contributed by atoms with Crippen LogP contribution < -0.4 is 5.32 Å². The summed E-state index contributed by atoms with van der Waals surface area (Å²) in [5, 5.41) is 14.4. The number of aliphatic hydroxyl groups is 1. The zero-order valence-corrected chi connectivity index (χ0v) is 9.96. The Hall–Kier alpha value is -1.13. The van der Waals surface area contributed by atoms with Gasteiger partial charge in [-0.05, 0) is 42.9 Å². The molecule has 2 N–H and O–H groups in total. The van der Waals surface area contributed by atoms with Crippen molar-refractivity contribution < 1.29 is 5.11 Å². The van der Waals surface area contributed by atoms with Crippen LogP contribution in [0.5, 0.6) is 0 Å². The van der Waals surface area contributed by atoms with Crippen molar-refractivity contribution in [3.63, 3.8) is 0 Å². The smallest absolute Gasteiger partial charge is 0.117 e. The first-order valence-electron chi connectivity index (χ1n) is 5.61. The number of benzene rings is 1. The van der Waals surface area contributed by atoms with Crippen LogP contribution in [0.3, 0.4) is 0 Å². The van der Waals surface area contributed by atoms with Crippen LogP contribution in [0.1, 0.15) is 19.3 Å². The van der Waals surface area contributed by atoms with Gasteiger partial charge in [0, 0.05) is 18.5 Å². The molecule has 0 atom stereocenters. The predicted molar refractivity (Wildman–Crippen MR) is 69.0 cm³/mol. The standard InChI is InChI=1S/C12H16N2OS/c15-9-5-1-4-8-13-12-10-6-2-3-7-11(10)14-16-12/h2-3,6-7,13,15H,1,4-5,8-9H2. The van der Waals surface area contributed by atoms with E-state index in [9.17, 15) is 0 Å². The number of aromatic nitrogens is 1. The highest BCUT2D eigenvalue weighted by atomic mass is 32.1. The van der Waals surface area contributed by atoms with E-state index in [0.717, 1.165) is 36.3 Å². The van der Waals surface area contributed by atoms with E-state index in [-0.39, 0.29) is 0 Å². The van der Waals surface area contributed by atoms with Crippen molar-refractivity contribution in [3.05, 3.63) is 24.3 Å². The second-order valence-electron chi connectivity index (χ2n) is 3.74. The summed E-state index contributed by atoms with van der Waals surface area (Å²) in [5.41, 5.74) is 1.06. The normalized spacial score (nSPS) is 10.8.